The average molecular weight is 317 g/mol. The quantitative estimate of drug-likeness (QED) is 0.928. The molecule has 1 aliphatic heterocycles. The van der Waals surface area contributed by atoms with Gasteiger partial charge in [0, 0.05) is 49.9 Å². The van der Waals surface area contributed by atoms with Crippen molar-refractivity contribution in [2.24, 2.45) is 0 Å². The smallest absolute Gasteiger partial charge is 0.255 e. The molecule has 1 amide bonds. The number of aromatic nitrogens is 1. The summed E-state index contributed by atoms with van der Waals surface area (Å²) in [5.74, 6) is -0.00541. The number of thiophene rings is 1. The molecule has 6 heteroatoms. The highest BCUT2D eigenvalue weighted by atomic mass is 32.1. The summed E-state index contributed by atoms with van der Waals surface area (Å²) in [5.41, 5.74) is 0.363. The Morgan fingerprint density at radius 2 is 2.00 bits per heavy atom. The van der Waals surface area contributed by atoms with Crippen LogP contribution in [0.3, 0.4) is 0 Å². The number of piperazine rings is 1. The maximum Gasteiger partial charge on any atom is 0.255 e. The molecule has 1 aliphatic rings. The van der Waals surface area contributed by atoms with Gasteiger partial charge in [0.2, 0.25) is 5.56 Å². The summed E-state index contributed by atoms with van der Waals surface area (Å²) in [4.78, 5) is 31.6. The normalized spacial score (nSPS) is 15.9. The molecular weight excluding hydrogens is 298 g/mol. The Labute approximate surface area is 133 Å². The van der Waals surface area contributed by atoms with E-state index in [0.29, 0.717) is 5.56 Å². The zero-order chi connectivity index (χ0) is 15.4. The zero-order valence-corrected chi connectivity index (χ0v) is 13.1. The molecule has 0 spiro atoms. The van der Waals surface area contributed by atoms with Gasteiger partial charge in [-0.25, -0.2) is 0 Å². The topological polar surface area (TPSA) is 56.4 Å². The molecule has 2 aromatic rings. The van der Waals surface area contributed by atoms with Gasteiger partial charge in [-0.3, -0.25) is 14.5 Å². The number of rotatable bonds is 4. The number of nitrogens with one attached hydrogen (secondary N) is 1. The first-order valence-electron chi connectivity index (χ1n) is 7.45. The maximum absolute atomic E-state index is 12.3. The third-order valence-electron chi connectivity index (χ3n) is 3.95. The van der Waals surface area contributed by atoms with Crippen molar-refractivity contribution in [1.82, 2.24) is 14.8 Å². The molecule has 116 valence electrons. The Morgan fingerprint density at radius 1 is 1.18 bits per heavy atom. The second-order valence-electron chi connectivity index (χ2n) is 5.40. The Balaban J connectivity index is 1.49. The highest BCUT2D eigenvalue weighted by Gasteiger charge is 2.21. The molecule has 0 radical (unpaired) electrons. The molecule has 1 N–H and O–H groups in total. The van der Waals surface area contributed by atoms with Crippen molar-refractivity contribution in [2.75, 3.05) is 32.7 Å². The monoisotopic (exact) mass is 317 g/mol. The Bertz CT molecular complexity index is 652. The number of hydrogen-bond donors (Lipinski definition) is 1. The van der Waals surface area contributed by atoms with Gasteiger partial charge in [-0.2, -0.15) is 0 Å². The lowest BCUT2D eigenvalue weighted by molar-refractivity contribution is 0.0638. The third-order valence-corrected chi connectivity index (χ3v) is 4.88. The molecule has 0 saturated carbocycles. The van der Waals surface area contributed by atoms with Gasteiger partial charge in [-0.15, -0.1) is 11.3 Å². The maximum atomic E-state index is 12.3. The number of aromatic amines is 1. The van der Waals surface area contributed by atoms with E-state index in [0.717, 1.165) is 39.1 Å². The van der Waals surface area contributed by atoms with Gasteiger partial charge in [0.05, 0.1) is 5.56 Å². The summed E-state index contributed by atoms with van der Waals surface area (Å²) in [6.07, 6.45) is 2.57. The molecule has 1 saturated heterocycles. The lowest BCUT2D eigenvalue weighted by Gasteiger charge is -2.34. The SMILES string of the molecule is O=C(c1ccc(=O)[nH]c1)N1CCN(CCc2cccs2)CC1. The van der Waals surface area contributed by atoms with Crippen LogP contribution in [0.5, 0.6) is 0 Å². The van der Waals surface area contributed by atoms with E-state index >= 15 is 0 Å². The number of pyridine rings is 1. The van der Waals surface area contributed by atoms with Crippen LogP contribution in [0.15, 0.2) is 40.6 Å². The van der Waals surface area contributed by atoms with Crippen LogP contribution in [0.1, 0.15) is 15.2 Å². The van der Waals surface area contributed by atoms with Crippen LogP contribution in [-0.4, -0.2) is 53.4 Å². The van der Waals surface area contributed by atoms with Crippen LogP contribution < -0.4 is 5.56 Å². The highest BCUT2D eigenvalue weighted by molar-refractivity contribution is 7.09. The number of carbonyl (C=O) groups excluding carboxylic acids is 1. The lowest BCUT2D eigenvalue weighted by Crippen LogP contribution is -2.49. The molecule has 0 aromatic carbocycles. The molecule has 22 heavy (non-hydrogen) atoms. The molecule has 5 nitrogen and oxygen atoms in total. The highest BCUT2D eigenvalue weighted by Crippen LogP contribution is 2.12. The fourth-order valence-electron chi connectivity index (χ4n) is 2.62. The Morgan fingerprint density at radius 3 is 2.64 bits per heavy atom. The van der Waals surface area contributed by atoms with Crippen LogP contribution in [-0.2, 0) is 6.42 Å². The van der Waals surface area contributed by atoms with Crippen molar-refractivity contribution >= 4 is 17.2 Å². The molecule has 1 fully saturated rings. The van der Waals surface area contributed by atoms with Gasteiger partial charge in [-0.05, 0) is 23.9 Å². The number of H-pyrrole nitrogens is 1. The molecule has 3 rings (SSSR count). The van der Waals surface area contributed by atoms with Crippen LogP contribution in [0.2, 0.25) is 0 Å². The molecule has 2 aromatic heterocycles. The Kier molecular flexibility index (Phi) is 4.70. The predicted octanol–water partition coefficient (Wildman–Crippen LogP) is 1.44. The molecule has 0 atom stereocenters. The van der Waals surface area contributed by atoms with E-state index in [1.165, 1.54) is 17.1 Å². The van der Waals surface area contributed by atoms with Crippen LogP contribution in [0.25, 0.3) is 0 Å². The molecular formula is C16H19N3O2S. The van der Waals surface area contributed by atoms with Crippen LogP contribution >= 0.6 is 11.3 Å². The first kappa shape index (κ1) is 15.0. The molecule has 3 heterocycles. The molecule has 0 unspecified atom stereocenters. The van der Waals surface area contributed by atoms with E-state index in [4.69, 9.17) is 0 Å². The van der Waals surface area contributed by atoms with E-state index in [9.17, 15) is 9.59 Å². The summed E-state index contributed by atoms with van der Waals surface area (Å²) in [7, 11) is 0. The first-order chi connectivity index (χ1) is 10.7. The number of nitrogens with zero attached hydrogens (tertiary/aromatic N) is 2. The molecule has 0 aliphatic carbocycles. The van der Waals surface area contributed by atoms with Gasteiger partial charge in [0.1, 0.15) is 0 Å². The van der Waals surface area contributed by atoms with Crippen molar-refractivity contribution in [2.45, 2.75) is 6.42 Å². The van der Waals surface area contributed by atoms with Gasteiger partial charge in [0.25, 0.3) is 5.91 Å². The summed E-state index contributed by atoms with van der Waals surface area (Å²) < 4.78 is 0. The van der Waals surface area contributed by atoms with Crippen molar-refractivity contribution < 1.29 is 4.79 Å². The second-order valence-corrected chi connectivity index (χ2v) is 6.44. The van der Waals surface area contributed by atoms with Gasteiger partial charge >= 0.3 is 0 Å². The van der Waals surface area contributed by atoms with Crippen molar-refractivity contribution in [3.8, 4) is 0 Å². The summed E-state index contributed by atoms with van der Waals surface area (Å²) >= 11 is 1.80. The molecule has 0 bridgehead atoms. The van der Waals surface area contributed by atoms with Gasteiger partial charge < -0.3 is 9.88 Å². The summed E-state index contributed by atoms with van der Waals surface area (Å²) in [6, 6.07) is 7.23. The largest absolute Gasteiger partial charge is 0.336 e. The number of hydrogen-bond acceptors (Lipinski definition) is 4. The first-order valence-corrected chi connectivity index (χ1v) is 8.33. The minimum atomic E-state index is -0.185. The summed E-state index contributed by atoms with van der Waals surface area (Å²) in [6.45, 7) is 4.33. The summed E-state index contributed by atoms with van der Waals surface area (Å²) in [5, 5.41) is 2.11. The fraction of sp³-hybridized carbons (Fsp3) is 0.375. The van der Waals surface area contributed by atoms with Crippen molar-refractivity contribution in [1.29, 1.82) is 0 Å². The average Bonchev–Trinajstić information content (AvgIpc) is 3.07. The van der Waals surface area contributed by atoms with Gasteiger partial charge in [0.15, 0.2) is 0 Å². The fourth-order valence-corrected chi connectivity index (χ4v) is 3.32. The van der Waals surface area contributed by atoms with Crippen molar-refractivity contribution in [3.05, 3.63) is 56.6 Å². The number of amides is 1. The van der Waals surface area contributed by atoms with Crippen LogP contribution in [0.4, 0.5) is 0 Å². The minimum absolute atomic E-state index is 0.00541. The van der Waals surface area contributed by atoms with E-state index in [2.05, 4.69) is 27.4 Å². The van der Waals surface area contributed by atoms with Crippen molar-refractivity contribution in [3.63, 3.8) is 0 Å². The Hall–Kier alpha value is -1.92. The van der Waals surface area contributed by atoms with E-state index < -0.39 is 0 Å². The van der Waals surface area contributed by atoms with Crippen LogP contribution in [0, 0.1) is 0 Å². The van der Waals surface area contributed by atoms with Gasteiger partial charge in [-0.1, -0.05) is 6.07 Å². The van der Waals surface area contributed by atoms with E-state index in [1.54, 1.807) is 17.4 Å². The number of carbonyl (C=O) groups is 1. The predicted molar refractivity (Wildman–Crippen MR) is 87.4 cm³/mol. The van der Waals surface area contributed by atoms with E-state index in [-0.39, 0.29) is 11.5 Å². The standard InChI is InChI=1S/C16H19N3O2S/c20-15-4-3-13(12-17-15)16(21)19-9-7-18(8-10-19)6-5-14-2-1-11-22-14/h1-4,11-12H,5-10H2,(H,17,20). The minimum Gasteiger partial charge on any atom is -0.336 e. The lowest BCUT2D eigenvalue weighted by atomic mass is 10.2. The third kappa shape index (κ3) is 3.64. The van der Waals surface area contributed by atoms with E-state index in [1.807, 2.05) is 4.90 Å². The zero-order valence-electron chi connectivity index (χ0n) is 12.3. The second kappa shape index (κ2) is 6.89.